The van der Waals surface area contributed by atoms with Crippen molar-refractivity contribution in [2.24, 2.45) is 0 Å². The van der Waals surface area contributed by atoms with Gasteiger partial charge in [-0.2, -0.15) is 0 Å². The molecule has 9 heterocycles. The maximum absolute atomic E-state index is 6.29. The lowest BCUT2D eigenvalue weighted by Gasteiger charge is -2.13. The molecule has 12 nitrogen and oxygen atoms in total. The predicted octanol–water partition coefficient (Wildman–Crippen LogP) is 37.8. The molecule has 9 aromatic heterocycles. The fourth-order valence-corrected chi connectivity index (χ4v) is 20.9. The highest BCUT2D eigenvalue weighted by atomic mass is 16.3. The molecule has 0 fully saturated rings. The van der Waals surface area contributed by atoms with Crippen molar-refractivity contribution in [1.82, 2.24) is 29.9 Å². The average Bonchev–Trinajstić information content (AvgIpc) is 1.61. The van der Waals surface area contributed by atoms with Crippen molar-refractivity contribution in [1.29, 1.82) is 0 Å². The summed E-state index contributed by atoms with van der Waals surface area (Å²) >= 11 is 0. The van der Waals surface area contributed by atoms with E-state index < -0.39 is 0 Å². The van der Waals surface area contributed by atoms with E-state index in [-0.39, 0.29) is 0 Å². The molecule has 0 saturated heterocycles. The Labute approximate surface area is 860 Å². The molecule has 30 rings (SSSR count). The van der Waals surface area contributed by atoms with Crippen LogP contribution in [-0.4, -0.2) is 29.9 Å². The van der Waals surface area contributed by atoms with Gasteiger partial charge in [0, 0.05) is 115 Å². The number of nitrogens with zero attached hydrogens (tertiary/aromatic N) is 6. The molecule has 0 spiro atoms. The summed E-state index contributed by atoms with van der Waals surface area (Å²) < 4.78 is 37.6. The minimum atomic E-state index is 0.641. The number of fused-ring (bicyclic) bond motifs is 18. The Morgan fingerprint density at radius 1 is 0.0933 bits per heavy atom. The summed E-state index contributed by atoms with van der Waals surface area (Å²) in [4.78, 5) is 31.1. The zero-order valence-electron chi connectivity index (χ0n) is 80.6. The van der Waals surface area contributed by atoms with Crippen molar-refractivity contribution in [2.75, 3.05) is 0 Å². The van der Waals surface area contributed by atoms with Gasteiger partial charge >= 0.3 is 0 Å². The van der Waals surface area contributed by atoms with Gasteiger partial charge < -0.3 is 26.5 Å². The zero-order chi connectivity index (χ0) is 99.1. The Kier molecular flexibility index (Phi) is 21.6. The average molecular weight is 1920 g/mol. The van der Waals surface area contributed by atoms with Crippen LogP contribution in [0.25, 0.3) is 300 Å². The Hall–Kier alpha value is -20.3. The van der Waals surface area contributed by atoms with E-state index in [9.17, 15) is 0 Å². The third-order valence-corrected chi connectivity index (χ3v) is 28.5. The monoisotopic (exact) mass is 1920 g/mol. The Morgan fingerprint density at radius 3 is 0.533 bits per heavy atom. The standard InChI is InChI=1S/3C46H28N2O2/c1-3-11-29(12-4-1)33-23-34(30-13-5-2-6-14-30)25-35(24-33)46-47-40(31-19-21-38-36-15-7-9-17-42(36)49-44(38)26-31)28-41(48-46)32-20-22-39-37-16-8-10-18-43(37)50-45(39)27-32;1-2-9-29(10-3-1)32-11-8-12-33(25-32)30-17-19-31(20-18-30)46-47-40(34-21-23-38-36-13-4-6-15-42(36)49-44(38)26-34)28-41(48-46)35-22-24-39-37-14-5-7-16-43(37)50-45(39)27-35;1-2-9-29(10-3-1)30-17-19-31(20-18-30)32-11-8-12-35(25-32)46-47-40(33-21-23-38-36-13-4-6-15-42(36)49-44(38)26-33)28-41(48-46)34-22-24-39-37-14-5-7-16-43(37)50-45(39)27-34/h3*1-28H. The summed E-state index contributed by atoms with van der Waals surface area (Å²) in [6, 6.07) is 176. The number of para-hydroxylation sites is 6. The van der Waals surface area contributed by atoms with E-state index in [2.05, 4.69) is 376 Å². The molecule has 0 aliphatic rings. The van der Waals surface area contributed by atoms with Crippen LogP contribution in [0.1, 0.15) is 0 Å². The van der Waals surface area contributed by atoms with Crippen molar-refractivity contribution >= 4 is 132 Å². The van der Waals surface area contributed by atoms with Gasteiger partial charge in [-0.25, -0.2) is 29.9 Å². The molecule has 702 valence electrons. The smallest absolute Gasteiger partial charge is 0.160 e. The highest BCUT2D eigenvalue weighted by Crippen LogP contribution is 2.45. The van der Waals surface area contributed by atoms with Crippen LogP contribution >= 0.6 is 0 Å². The summed E-state index contributed by atoms with van der Waals surface area (Å²) in [5.41, 5.74) is 37.4. The molecule has 0 amide bonds. The van der Waals surface area contributed by atoms with E-state index in [1.54, 1.807) is 0 Å². The maximum Gasteiger partial charge on any atom is 0.160 e. The van der Waals surface area contributed by atoms with Crippen LogP contribution < -0.4 is 0 Å². The molecule has 0 N–H and O–H groups in total. The lowest BCUT2D eigenvalue weighted by molar-refractivity contribution is 0.668. The fraction of sp³-hybridized carbons (Fsp3) is 0. The number of hydrogen-bond acceptors (Lipinski definition) is 12. The van der Waals surface area contributed by atoms with Crippen LogP contribution in [0.3, 0.4) is 0 Å². The zero-order valence-corrected chi connectivity index (χ0v) is 80.6. The van der Waals surface area contributed by atoms with Crippen LogP contribution in [0.2, 0.25) is 0 Å². The quantitative estimate of drug-likeness (QED) is 0.0959. The molecule has 30 aromatic rings. The maximum atomic E-state index is 6.29. The molecule has 0 unspecified atom stereocenters. The van der Waals surface area contributed by atoms with Crippen molar-refractivity contribution in [3.05, 3.63) is 510 Å². The topological polar surface area (TPSA) is 156 Å². The van der Waals surface area contributed by atoms with Crippen molar-refractivity contribution in [3.8, 4) is 168 Å². The van der Waals surface area contributed by atoms with Crippen LogP contribution in [0.15, 0.2) is 536 Å². The van der Waals surface area contributed by atoms with Gasteiger partial charge in [-0.05, 0) is 224 Å². The molecular formula is C138H84N6O6. The van der Waals surface area contributed by atoms with Gasteiger partial charge in [0.1, 0.15) is 67.0 Å². The summed E-state index contributed by atoms with van der Waals surface area (Å²) in [6.45, 7) is 0. The lowest BCUT2D eigenvalue weighted by Crippen LogP contribution is -1.97. The Bertz CT molecular complexity index is 10000. The first-order valence-corrected chi connectivity index (χ1v) is 50.2. The second-order valence-corrected chi connectivity index (χ2v) is 37.8. The van der Waals surface area contributed by atoms with E-state index in [0.717, 1.165) is 260 Å². The van der Waals surface area contributed by atoms with Crippen LogP contribution in [0.4, 0.5) is 0 Å². The van der Waals surface area contributed by atoms with Crippen molar-refractivity contribution in [2.45, 2.75) is 0 Å². The molecule has 150 heavy (non-hydrogen) atoms. The third kappa shape index (κ3) is 16.6. The number of benzene rings is 21. The van der Waals surface area contributed by atoms with Gasteiger partial charge in [0.25, 0.3) is 0 Å². The van der Waals surface area contributed by atoms with E-state index in [1.807, 2.05) is 133 Å². The minimum absolute atomic E-state index is 0.641. The van der Waals surface area contributed by atoms with Gasteiger partial charge in [0.2, 0.25) is 0 Å². The molecular weight excluding hydrogens is 1840 g/mol. The first-order valence-electron chi connectivity index (χ1n) is 50.2. The molecule has 0 atom stereocenters. The molecule has 12 heteroatoms. The number of rotatable bonds is 15. The van der Waals surface area contributed by atoms with Gasteiger partial charge in [0.05, 0.1) is 34.2 Å². The SMILES string of the molecule is c1ccc(-c2cc(-c3ccccc3)cc(-c3nc(-c4ccc5c(c4)oc4ccccc45)cc(-c4ccc5c(c4)oc4ccccc45)n3)c2)cc1.c1ccc(-c2ccc(-c3cccc(-c4nc(-c5ccc6c(c5)oc5ccccc56)cc(-c5ccc6c(c5)oc5ccccc56)n4)c3)cc2)cc1.c1ccc(-c2cccc(-c3ccc(-c4nc(-c5ccc6c(c5)oc5ccccc56)cc(-c5ccc6c(c5)oc5ccccc56)n4)cc3)c2)cc1. The van der Waals surface area contributed by atoms with Crippen molar-refractivity contribution < 1.29 is 26.5 Å². The largest absolute Gasteiger partial charge is 0.456 e. The van der Waals surface area contributed by atoms with E-state index in [4.69, 9.17) is 56.4 Å². The number of aromatic nitrogens is 6. The van der Waals surface area contributed by atoms with Crippen LogP contribution in [0.5, 0.6) is 0 Å². The number of hydrogen-bond donors (Lipinski definition) is 0. The van der Waals surface area contributed by atoms with Gasteiger partial charge in [-0.15, -0.1) is 0 Å². The number of furan rings is 6. The summed E-state index contributed by atoms with van der Waals surface area (Å²) in [5, 5.41) is 13.1. The van der Waals surface area contributed by atoms with Crippen molar-refractivity contribution in [3.63, 3.8) is 0 Å². The highest BCUT2D eigenvalue weighted by Gasteiger charge is 2.24. The first kappa shape index (κ1) is 87.5. The van der Waals surface area contributed by atoms with E-state index >= 15 is 0 Å². The Balaban J connectivity index is 0.000000108. The van der Waals surface area contributed by atoms with Gasteiger partial charge in [-0.1, -0.05) is 352 Å². The summed E-state index contributed by atoms with van der Waals surface area (Å²) in [7, 11) is 0. The third-order valence-electron chi connectivity index (χ3n) is 28.5. The first-order chi connectivity index (χ1) is 74.2. The highest BCUT2D eigenvalue weighted by molar-refractivity contribution is 6.12. The molecule has 0 aliphatic heterocycles. The molecule has 0 saturated carbocycles. The molecule has 0 bridgehead atoms. The Morgan fingerprint density at radius 2 is 0.260 bits per heavy atom. The van der Waals surface area contributed by atoms with Crippen LogP contribution in [0, 0.1) is 0 Å². The van der Waals surface area contributed by atoms with Gasteiger partial charge in [0.15, 0.2) is 17.5 Å². The summed E-state index contributed by atoms with van der Waals surface area (Å²) in [6.07, 6.45) is 0. The van der Waals surface area contributed by atoms with E-state index in [0.29, 0.717) is 17.5 Å². The van der Waals surface area contributed by atoms with Crippen LogP contribution in [-0.2, 0) is 0 Å². The summed E-state index contributed by atoms with van der Waals surface area (Å²) in [5.74, 6) is 1.94. The molecule has 21 aromatic carbocycles. The van der Waals surface area contributed by atoms with Gasteiger partial charge in [-0.3, -0.25) is 0 Å². The molecule has 0 aliphatic carbocycles. The van der Waals surface area contributed by atoms with E-state index in [1.165, 1.54) is 22.3 Å². The molecule has 0 radical (unpaired) electrons. The normalized spacial score (nSPS) is 11.6. The predicted molar refractivity (Wildman–Crippen MR) is 611 cm³/mol. The fourth-order valence-electron chi connectivity index (χ4n) is 20.9. The second kappa shape index (κ2) is 37.1. The minimum Gasteiger partial charge on any atom is -0.456 e. The second-order valence-electron chi connectivity index (χ2n) is 37.8. The lowest BCUT2D eigenvalue weighted by atomic mass is 9.95.